The quantitative estimate of drug-likeness (QED) is 0.133. The second kappa shape index (κ2) is 15.4. The van der Waals surface area contributed by atoms with Gasteiger partial charge in [0.1, 0.15) is 5.76 Å². The van der Waals surface area contributed by atoms with Crippen LogP contribution in [-0.4, -0.2) is 50.6 Å². The number of rotatable bonds is 11. The molecule has 276 valence electrons. The van der Waals surface area contributed by atoms with Crippen molar-refractivity contribution in [3.8, 4) is 39.7 Å². The number of benzene rings is 3. The van der Waals surface area contributed by atoms with Crippen LogP contribution in [0.3, 0.4) is 0 Å². The third-order valence-corrected chi connectivity index (χ3v) is 10.3. The first kappa shape index (κ1) is 36.2. The van der Waals surface area contributed by atoms with Gasteiger partial charge in [-0.2, -0.15) is 0 Å². The number of hydrogen-bond acceptors (Lipinski definition) is 10. The Bertz CT molecular complexity index is 2440. The van der Waals surface area contributed by atoms with E-state index in [0.29, 0.717) is 74.2 Å². The largest absolute Gasteiger partial charge is 0.493 e. The van der Waals surface area contributed by atoms with E-state index in [9.17, 15) is 19.2 Å². The first-order chi connectivity index (χ1) is 26.2. The Hall–Kier alpha value is -6.21. The third kappa shape index (κ3) is 7.09. The molecule has 0 fully saturated rings. The molecule has 0 aliphatic heterocycles. The summed E-state index contributed by atoms with van der Waals surface area (Å²) in [4.78, 5) is 57.5. The van der Waals surface area contributed by atoms with E-state index in [1.807, 2.05) is 66.7 Å². The standard InChI is InChI=1S/C41H38N4O8S/c1-22(46)43-29-15-14-24-18-32(50-2)39(51-3)40(52-4)36(24)26-19-27-28(37(23-10-6-5-7-11-23)53-38(27)31(47)20-25(26)29)21-35(49)42-17-16-34(48)45-41-44-30-12-8-9-13-33(30)54-41/h5-13,18-20,29H,14-17,21H2,1-4H3,(H,42,49)(H,43,46)(H,44,45,48)/t29-/m0/s1. The van der Waals surface area contributed by atoms with Gasteiger partial charge in [0.2, 0.25) is 28.9 Å². The summed E-state index contributed by atoms with van der Waals surface area (Å²) in [5.74, 6) is 0.719. The van der Waals surface area contributed by atoms with E-state index >= 15 is 0 Å². The van der Waals surface area contributed by atoms with Gasteiger partial charge in [-0.15, -0.1) is 0 Å². The van der Waals surface area contributed by atoms with Crippen LogP contribution in [0.1, 0.15) is 42.5 Å². The minimum Gasteiger partial charge on any atom is -0.493 e. The van der Waals surface area contributed by atoms with Crippen molar-refractivity contribution in [1.29, 1.82) is 0 Å². The second-order valence-corrected chi connectivity index (χ2v) is 13.9. The van der Waals surface area contributed by atoms with E-state index < -0.39 is 11.5 Å². The molecule has 0 saturated carbocycles. The molecule has 3 N–H and O–H groups in total. The Morgan fingerprint density at radius 3 is 2.41 bits per heavy atom. The summed E-state index contributed by atoms with van der Waals surface area (Å²) < 4.78 is 24.7. The van der Waals surface area contributed by atoms with Gasteiger partial charge in [0.25, 0.3) is 0 Å². The molecule has 0 saturated heterocycles. The number of fused-ring (bicyclic) bond motifs is 5. The summed E-state index contributed by atoms with van der Waals surface area (Å²) in [5.41, 5.74) is 4.33. The molecular formula is C41H38N4O8S. The van der Waals surface area contributed by atoms with E-state index in [1.54, 1.807) is 7.11 Å². The topological polar surface area (TPSA) is 158 Å². The number of hydrogen-bond donors (Lipinski definition) is 3. The van der Waals surface area contributed by atoms with Crippen LogP contribution in [0, 0.1) is 0 Å². The highest BCUT2D eigenvalue weighted by molar-refractivity contribution is 7.22. The Morgan fingerprint density at radius 1 is 0.926 bits per heavy atom. The summed E-state index contributed by atoms with van der Waals surface area (Å²) in [6, 6.07) is 21.5. The normalized spacial score (nSPS) is 13.4. The van der Waals surface area contributed by atoms with Crippen LogP contribution < -0.4 is 35.6 Å². The summed E-state index contributed by atoms with van der Waals surface area (Å²) >= 11 is 1.38. The average Bonchev–Trinajstić information content (AvgIpc) is 3.66. The van der Waals surface area contributed by atoms with Crippen LogP contribution in [0.2, 0.25) is 0 Å². The van der Waals surface area contributed by atoms with E-state index in [1.165, 1.54) is 38.5 Å². The number of aromatic nitrogens is 1. The fourth-order valence-corrected chi connectivity index (χ4v) is 7.91. The highest BCUT2D eigenvalue weighted by Gasteiger charge is 2.31. The maximum Gasteiger partial charge on any atom is 0.227 e. The Morgan fingerprint density at radius 2 is 1.69 bits per heavy atom. The Labute approximate surface area is 314 Å². The Balaban J connectivity index is 1.30. The molecule has 1 aliphatic carbocycles. The van der Waals surface area contributed by atoms with Crippen molar-refractivity contribution in [2.75, 3.05) is 33.2 Å². The smallest absolute Gasteiger partial charge is 0.227 e. The van der Waals surface area contributed by atoms with Gasteiger partial charge in [-0.25, -0.2) is 4.98 Å². The lowest BCUT2D eigenvalue weighted by Crippen LogP contribution is -2.29. The molecule has 12 nitrogen and oxygen atoms in total. The maximum absolute atomic E-state index is 14.2. The lowest BCUT2D eigenvalue weighted by molar-refractivity contribution is -0.121. The summed E-state index contributed by atoms with van der Waals surface area (Å²) in [6.45, 7) is 1.51. The zero-order valence-corrected chi connectivity index (χ0v) is 31.0. The van der Waals surface area contributed by atoms with Gasteiger partial charge in [-0.05, 0) is 59.9 Å². The van der Waals surface area contributed by atoms with Crippen LogP contribution in [0.15, 0.2) is 82.0 Å². The van der Waals surface area contributed by atoms with Crippen molar-refractivity contribution in [3.63, 3.8) is 0 Å². The first-order valence-corrected chi connectivity index (χ1v) is 18.2. The fraction of sp³-hybridized carbons (Fsp3) is 0.244. The van der Waals surface area contributed by atoms with Gasteiger partial charge in [-0.1, -0.05) is 53.8 Å². The molecule has 0 bridgehead atoms. The monoisotopic (exact) mass is 746 g/mol. The molecular weight excluding hydrogens is 709 g/mol. The van der Waals surface area contributed by atoms with Crippen molar-refractivity contribution in [2.45, 2.75) is 38.6 Å². The number of methoxy groups -OCH3 is 3. The molecule has 3 amide bonds. The minimum atomic E-state index is -0.523. The number of nitrogens with one attached hydrogen (secondary N) is 3. The van der Waals surface area contributed by atoms with E-state index in [0.717, 1.165) is 15.8 Å². The number of para-hydroxylation sites is 1. The van der Waals surface area contributed by atoms with Gasteiger partial charge in [0.15, 0.2) is 22.2 Å². The number of nitrogens with zero attached hydrogens (tertiary/aromatic N) is 1. The number of carbonyl (C=O) groups excluding carboxylic acids is 3. The first-order valence-electron chi connectivity index (χ1n) is 17.4. The third-order valence-electron chi connectivity index (χ3n) is 9.38. The van der Waals surface area contributed by atoms with E-state index in [-0.39, 0.29) is 42.7 Å². The van der Waals surface area contributed by atoms with Gasteiger partial charge >= 0.3 is 0 Å². The lowest BCUT2D eigenvalue weighted by atomic mass is 9.94. The maximum atomic E-state index is 14.2. The van der Waals surface area contributed by atoms with Gasteiger partial charge < -0.3 is 34.6 Å². The summed E-state index contributed by atoms with van der Waals surface area (Å²) in [5, 5.41) is 9.60. The number of furan rings is 1. The fourth-order valence-electron chi connectivity index (χ4n) is 7.02. The molecule has 0 unspecified atom stereocenters. The molecule has 0 spiro atoms. The predicted molar refractivity (Wildman–Crippen MR) is 207 cm³/mol. The molecule has 2 heterocycles. The molecule has 7 rings (SSSR count). The minimum absolute atomic E-state index is 0.0267. The molecule has 1 aliphatic rings. The number of thiazole rings is 1. The number of aryl methyl sites for hydroxylation is 1. The van der Waals surface area contributed by atoms with Crippen LogP contribution in [0.5, 0.6) is 17.2 Å². The van der Waals surface area contributed by atoms with Gasteiger partial charge in [0, 0.05) is 42.0 Å². The average molecular weight is 747 g/mol. The van der Waals surface area contributed by atoms with E-state index in [4.69, 9.17) is 18.6 Å². The molecule has 13 heteroatoms. The van der Waals surface area contributed by atoms with Crippen LogP contribution in [0.4, 0.5) is 5.13 Å². The number of amides is 3. The highest BCUT2D eigenvalue weighted by Crippen LogP contribution is 2.51. The number of ether oxygens (including phenoxy) is 3. The van der Waals surface area contributed by atoms with E-state index in [2.05, 4.69) is 20.9 Å². The highest BCUT2D eigenvalue weighted by atomic mass is 32.1. The summed E-state index contributed by atoms with van der Waals surface area (Å²) in [7, 11) is 4.60. The molecule has 1 atom stereocenters. The molecule has 4 aromatic carbocycles. The second-order valence-electron chi connectivity index (χ2n) is 12.8. The molecule has 2 aromatic heterocycles. The lowest BCUT2D eigenvalue weighted by Gasteiger charge is -2.20. The zero-order chi connectivity index (χ0) is 37.9. The SMILES string of the molecule is COc1cc2c(c(OC)c1OC)-c1cc3c(CC(=O)NCCC(=O)Nc4nc5ccccc5s4)c(-c4ccccc4)oc3c(=O)cc1[C@@H](NC(C)=O)CC2. The van der Waals surface area contributed by atoms with Gasteiger partial charge in [0.05, 0.1) is 44.0 Å². The van der Waals surface area contributed by atoms with Crippen molar-refractivity contribution in [3.05, 3.63) is 99.7 Å². The van der Waals surface area contributed by atoms with Crippen molar-refractivity contribution < 1.29 is 33.0 Å². The van der Waals surface area contributed by atoms with Crippen LogP contribution >= 0.6 is 11.3 Å². The summed E-state index contributed by atoms with van der Waals surface area (Å²) in [6.07, 6.45) is 0.883. The van der Waals surface area contributed by atoms with Crippen molar-refractivity contribution in [2.24, 2.45) is 0 Å². The van der Waals surface area contributed by atoms with Crippen molar-refractivity contribution >= 4 is 55.4 Å². The van der Waals surface area contributed by atoms with Gasteiger partial charge in [-0.3, -0.25) is 19.2 Å². The molecule has 0 radical (unpaired) electrons. The zero-order valence-electron chi connectivity index (χ0n) is 30.2. The predicted octanol–water partition coefficient (Wildman–Crippen LogP) is 6.57. The number of carbonyl (C=O) groups is 3. The molecule has 6 aromatic rings. The van der Waals surface area contributed by atoms with Crippen molar-refractivity contribution in [1.82, 2.24) is 15.6 Å². The van der Waals surface area contributed by atoms with Crippen LogP contribution in [-0.2, 0) is 27.2 Å². The number of anilines is 1. The molecule has 54 heavy (non-hydrogen) atoms. The van der Waals surface area contributed by atoms with Crippen LogP contribution in [0.25, 0.3) is 43.6 Å². The Kier molecular flexibility index (Phi) is 10.3.